The topological polar surface area (TPSA) is 118 Å². The standard InChI is InChI=1S/C17H22N4O.2C2HF3O2/c1-3-8-22-13-15-10-18-9-14-11-21(6-4-16(14)15)12-17-19-5-7-20(17)2;2*3-2(4,5)1(6)7/h3,5,7,9-10H,1,4,6,8,11-13H2,2H3;2*(H,6,7). The molecule has 2 aromatic rings. The van der Waals surface area contributed by atoms with Crippen LogP contribution in [0.4, 0.5) is 26.3 Å². The number of imidazole rings is 1. The zero-order valence-electron chi connectivity index (χ0n) is 19.0. The van der Waals surface area contributed by atoms with Gasteiger partial charge in [-0.1, -0.05) is 6.08 Å². The molecule has 200 valence electrons. The summed E-state index contributed by atoms with van der Waals surface area (Å²) >= 11 is 0. The van der Waals surface area contributed by atoms with Gasteiger partial charge < -0.3 is 19.5 Å². The highest BCUT2D eigenvalue weighted by atomic mass is 19.4. The number of aliphatic carboxylic acids is 2. The summed E-state index contributed by atoms with van der Waals surface area (Å²) in [6.45, 7) is 7.70. The van der Waals surface area contributed by atoms with Crippen molar-refractivity contribution in [3.63, 3.8) is 0 Å². The van der Waals surface area contributed by atoms with E-state index < -0.39 is 24.3 Å². The van der Waals surface area contributed by atoms with Crippen LogP contribution in [0.1, 0.15) is 22.5 Å². The van der Waals surface area contributed by atoms with Crippen molar-refractivity contribution in [1.82, 2.24) is 19.4 Å². The van der Waals surface area contributed by atoms with E-state index in [-0.39, 0.29) is 0 Å². The Hall–Kier alpha value is -3.46. The third-order valence-corrected chi connectivity index (χ3v) is 4.57. The lowest BCUT2D eigenvalue weighted by Crippen LogP contribution is -2.31. The summed E-state index contributed by atoms with van der Waals surface area (Å²) in [6, 6.07) is 0. The summed E-state index contributed by atoms with van der Waals surface area (Å²) in [5.41, 5.74) is 3.91. The third kappa shape index (κ3) is 10.4. The minimum Gasteiger partial charge on any atom is -0.475 e. The summed E-state index contributed by atoms with van der Waals surface area (Å²) in [4.78, 5) is 29.0. The lowest BCUT2D eigenvalue weighted by molar-refractivity contribution is -0.193. The van der Waals surface area contributed by atoms with Gasteiger partial charge in [-0.25, -0.2) is 14.6 Å². The van der Waals surface area contributed by atoms with Crippen LogP contribution in [0.2, 0.25) is 0 Å². The first kappa shape index (κ1) is 30.6. The number of carboxylic acids is 2. The molecular formula is C21H24F6N4O5. The molecule has 2 N–H and O–H groups in total. The average Bonchev–Trinajstić information content (AvgIpc) is 3.17. The van der Waals surface area contributed by atoms with E-state index in [2.05, 4.69) is 26.0 Å². The van der Waals surface area contributed by atoms with E-state index in [0.717, 1.165) is 31.9 Å². The van der Waals surface area contributed by atoms with Crippen molar-refractivity contribution in [2.75, 3.05) is 13.2 Å². The number of pyridine rings is 1. The maximum absolute atomic E-state index is 10.6. The number of hydrogen-bond donors (Lipinski definition) is 2. The maximum atomic E-state index is 10.6. The highest BCUT2D eigenvalue weighted by molar-refractivity contribution is 5.73. The second kappa shape index (κ2) is 13.6. The number of ether oxygens (including phenoxy) is 1. The Bertz CT molecular complexity index is 999. The van der Waals surface area contributed by atoms with Gasteiger partial charge in [0.15, 0.2) is 0 Å². The van der Waals surface area contributed by atoms with Gasteiger partial charge in [-0.15, -0.1) is 6.58 Å². The van der Waals surface area contributed by atoms with Crippen LogP contribution < -0.4 is 0 Å². The molecule has 0 saturated heterocycles. The molecule has 3 heterocycles. The van der Waals surface area contributed by atoms with E-state index in [1.54, 1.807) is 6.08 Å². The molecule has 2 aromatic heterocycles. The third-order valence-electron chi connectivity index (χ3n) is 4.57. The number of rotatable bonds is 6. The highest BCUT2D eigenvalue weighted by Crippen LogP contribution is 2.23. The number of alkyl halides is 6. The van der Waals surface area contributed by atoms with Crippen LogP contribution in [-0.4, -0.2) is 67.1 Å². The number of aryl methyl sites for hydroxylation is 1. The number of carbonyl (C=O) groups is 2. The van der Waals surface area contributed by atoms with Crippen LogP contribution in [0, 0.1) is 0 Å². The Morgan fingerprint density at radius 1 is 1.14 bits per heavy atom. The number of aromatic nitrogens is 3. The molecule has 0 fully saturated rings. The minimum absolute atomic E-state index is 0.578. The molecule has 3 rings (SSSR count). The second-order valence-corrected chi connectivity index (χ2v) is 7.26. The molecule has 0 amide bonds. The van der Waals surface area contributed by atoms with Gasteiger partial charge >= 0.3 is 24.3 Å². The summed E-state index contributed by atoms with van der Waals surface area (Å²) in [7, 11) is 2.04. The predicted octanol–water partition coefficient (Wildman–Crippen LogP) is 3.34. The van der Waals surface area contributed by atoms with Gasteiger partial charge in [-0.2, -0.15) is 26.3 Å². The fourth-order valence-electron chi connectivity index (χ4n) is 2.89. The van der Waals surface area contributed by atoms with E-state index in [1.807, 2.05) is 31.8 Å². The van der Waals surface area contributed by atoms with Crippen molar-refractivity contribution in [2.24, 2.45) is 7.05 Å². The van der Waals surface area contributed by atoms with Crippen molar-refractivity contribution in [3.8, 4) is 0 Å². The van der Waals surface area contributed by atoms with Gasteiger partial charge in [0.2, 0.25) is 0 Å². The first-order valence-electron chi connectivity index (χ1n) is 10.1. The van der Waals surface area contributed by atoms with Crippen molar-refractivity contribution in [3.05, 3.63) is 60.0 Å². The summed E-state index contributed by atoms with van der Waals surface area (Å²) in [5, 5.41) is 14.2. The fourth-order valence-corrected chi connectivity index (χ4v) is 2.89. The van der Waals surface area contributed by atoms with E-state index in [0.29, 0.717) is 13.2 Å². The Kier molecular flexibility index (Phi) is 11.5. The molecule has 0 radical (unpaired) electrons. The zero-order valence-corrected chi connectivity index (χ0v) is 19.0. The van der Waals surface area contributed by atoms with Crippen LogP contribution in [-0.2, 0) is 47.5 Å². The average molecular weight is 526 g/mol. The molecule has 0 aliphatic carbocycles. The highest BCUT2D eigenvalue weighted by Gasteiger charge is 2.38. The molecule has 1 aliphatic rings. The van der Waals surface area contributed by atoms with Crippen molar-refractivity contribution < 1.29 is 50.9 Å². The molecular weight excluding hydrogens is 502 g/mol. The molecule has 9 nitrogen and oxygen atoms in total. The molecule has 0 aromatic carbocycles. The van der Waals surface area contributed by atoms with Crippen molar-refractivity contribution in [2.45, 2.75) is 38.5 Å². The largest absolute Gasteiger partial charge is 0.490 e. The monoisotopic (exact) mass is 526 g/mol. The lowest BCUT2D eigenvalue weighted by Gasteiger charge is -2.29. The van der Waals surface area contributed by atoms with E-state index >= 15 is 0 Å². The van der Waals surface area contributed by atoms with Crippen LogP contribution >= 0.6 is 0 Å². The van der Waals surface area contributed by atoms with Gasteiger partial charge in [0.25, 0.3) is 0 Å². The van der Waals surface area contributed by atoms with Gasteiger partial charge in [0.1, 0.15) is 5.82 Å². The maximum Gasteiger partial charge on any atom is 0.490 e. The first-order valence-corrected chi connectivity index (χ1v) is 10.1. The number of nitrogens with zero attached hydrogens (tertiary/aromatic N) is 4. The first-order chi connectivity index (χ1) is 16.7. The molecule has 0 bridgehead atoms. The lowest BCUT2D eigenvalue weighted by atomic mass is 9.97. The van der Waals surface area contributed by atoms with Crippen LogP contribution in [0.15, 0.2) is 37.4 Å². The van der Waals surface area contributed by atoms with E-state index in [1.165, 1.54) is 16.7 Å². The SMILES string of the molecule is C=CCOCc1cncc2c1CCN(Cc1nccn1C)C2.O=C(O)C(F)(F)F.O=C(O)C(F)(F)F. The molecule has 36 heavy (non-hydrogen) atoms. The van der Waals surface area contributed by atoms with E-state index in [9.17, 15) is 26.3 Å². The smallest absolute Gasteiger partial charge is 0.475 e. The summed E-state index contributed by atoms with van der Waals surface area (Å²) in [6.07, 6.45) is 0.396. The second-order valence-electron chi connectivity index (χ2n) is 7.26. The van der Waals surface area contributed by atoms with Gasteiger partial charge in [0.05, 0.1) is 19.8 Å². The van der Waals surface area contributed by atoms with Crippen LogP contribution in [0.3, 0.4) is 0 Å². The zero-order chi connectivity index (χ0) is 27.5. The normalized spacial score (nSPS) is 13.4. The molecule has 0 spiro atoms. The molecule has 15 heteroatoms. The number of halogens is 6. The van der Waals surface area contributed by atoms with Crippen molar-refractivity contribution in [1.29, 1.82) is 0 Å². The minimum atomic E-state index is -5.08. The molecule has 1 aliphatic heterocycles. The van der Waals surface area contributed by atoms with Gasteiger partial charge in [-0.3, -0.25) is 9.88 Å². The molecule has 0 saturated carbocycles. The quantitative estimate of drug-likeness (QED) is 0.335. The van der Waals surface area contributed by atoms with E-state index in [4.69, 9.17) is 24.5 Å². The molecule has 0 unspecified atom stereocenters. The fraction of sp³-hybridized carbons (Fsp3) is 0.429. The predicted molar refractivity (Wildman–Crippen MR) is 112 cm³/mol. The number of hydrogen-bond acceptors (Lipinski definition) is 6. The summed E-state index contributed by atoms with van der Waals surface area (Å²) < 4.78 is 71.1. The Morgan fingerprint density at radius 3 is 2.19 bits per heavy atom. The molecule has 0 atom stereocenters. The van der Waals surface area contributed by atoms with Crippen LogP contribution in [0.25, 0.3) is 0 Å². The van der Waals surface area contributed by atoms with Gasteiger partial charge in [-0.05, 0) is 23.1 Å². The number of carboxylic acid groups (broad SMARTS) is 2. The van der Waals surface area contributed by atoms with Gasteiger partial charge in [0, 0.05) is 44.9 Å². The summed E-state index contributed by atoms with van der Waals surface area (Å²) in [5.74, 6) is -4.41. The Balaban J connectivity index is 0.000000383. The number of fused-ring (bicyclic) bond motifs is 1. The Labute approximate surface area is 201 Å². The van der Waals surface area contributed by atoms with Crippen LogP contribution in [0.5, 0.6) is 0 Å². The Morgan fingerprint density at radius 2 is 1.72 bits per heavy atom. The van der Waals surface area contributed by atoms with Crippen molar-refractivity contribution >= 4 is 11.9 Å².